The van der Waals surface area contributed by atoms with Gasteiger partial charge in [-0.2, -0.15) is 0 Å². The summed E-state index contributed by atoms with van der Waals surface area (Å²) in [5.74, 6) is -0.940. The number of amides is 1. The van der Waals surface area contributed by atoms with Crippen molar-refractivity contribution in [3.8, 4) is 0 Å². The zero-order valence-electron chi connectivity index (χ0n) is 18.0. The summed E-state index contributed by atoms with van der Waals surface area (Å²) in [4.78, 5) is 39.3. The smallest absolute Gasteiger partial charge is 0.349 e. The number of carbonyl (C=O) groups excluding carboxylic acids is 2. The number of fused-ring (bicyclic) bond motifs is 1. The summed E-state index contributed by atoms with van der Waals surface area (Å²) in [5, 5.41) is 0.765. The first-order chi connectivity index (χ1) is 16.4. The summed E-state index contributed by atoms with van der Waals surface area (Å²) in [5.41, 5.74) is 8.69. The van der Waals surface area contributed by atoms with Crippen molar-refractivity contribution in [3.63, 3.8) is 0 Å². The summed E-state index contributed by atoms with van der Waals surface area (Å²) in [6.07, 6.45) is 2.84. The second-order valence-electron chi connectivity index (χ2n) is 7.59. The first-order valence-corrected chi connectivity index (χ1v) is 11.1. The van der Waals surface area contributed by atoms with E-state index in [1.54, 1.807) is 30.3 Å². The molecular weight excluding hydrogens is 552 g/mol. The summed E-state index contributed by atoms with van der Waals surface area (Å²) in [6.45, 7) is 1.85. The van der Waals surface area contributed by atoms with Crippen LogP contribution in [0.4, 0.5) is 10.2 Å². The maximum absolute atomic E-state index is 14.3. The molecule has 0 aliphatic heterocycles. The maximum atomic E-state index is 14.3. The van der Waals surface area contributed by atoms with E-state index in [1.807, 2.05) is 13.0 Å². The van der Waals surface area contributed by atoms with E-state index < -0.39 is 11.8 Å². The fraction of sp³-hybridized carbons (Fsp3) is 0.125. The van der Waals surface area contributed by atoms with Gasteiger partial charge in [-0.25, -0.2) is 14.2 Å². The van der Waals surface area contributed by atoms with Gasteiger partial charge in [0.15, 0.2) is 23.0 Å². The molecule has 0 aliphatic carbocycles. The first kappa shape index (κ1) is 23.5. The number of carbonyl (C=O) groups is 2. The van der Waals surface area contributed by atoms with E-state index in [9.17, 15) is 14.0 Å². The van der Waals surface area contributed by atoms with Gasteiger partial charge >= 0.3 is 5.97 Å². The molecular formula is C24H19FIN5O3. The van der Waals surface area contributed by atoms with E-state index >= 15 is 0 Å². The molecule has 1 amide bonds. The molecule has 0 saturated heterocycles. The normalized spacial score (nSPS) is 10.8. The summed E-state index contributed by atoms with van der Waals surface area (Å²) in [6, 6.07) is 12.9. The molecule has 0 radical (unpaired) electrons. The third kappa shape index (κ3) is 5.11. The van der Waals surface area contributed by atoms with Crippen LogP contribution >= 0.6 is 23.0 Å². The summed E-state index contributed by atoms with van der Waals surface area (Å²) >= 11 is 1.50. The fourth-order valence-corrected chi connectivity index (χ4v) is 3.66. The number of halogens is 2. The van der Waals surface area contributed by atoms with Crippen LogP contribution in [0.15, 0.2) is 60.9 Å². The fourth-order valence-electron chi connectivity index (χ4n) is 3.41. The highest BCUT2D eigenvalue weighted by molar-refractivity contribution is 14.1. The van der Waals surface area contributed by atoms with E-state index in [0.717, 1.165) is 10.9 Å². The Bertz CT molecular complexity index is 1380. The largest absolute Gasteiger partial charge is 0.391 e. The molecule has 0 bridgehead atoms. The van der Waals surface area contributed by atoms with Crippen LogP contribution in [0.1, 0.15) is 37.7 Å². The Kier molecular flexibility index (Phi) is 6.96. The van der Waals surface area contributed by atoms with E-state index in [-0.39, 0.29) is 30.3 Å². The van der Waals surface area contributed by atoms with Crippen molar-refractivity contribution in [2.45, 2.75) is 20.0 Å². The van der Waals surface area contributed by atoms with Gasteiger partial charge < -0.3 is 13.7 Å². The molecule has 0 unspecified atom stereocenters. The lowest BCUT2D eigenvalue weighted by Gasteiger charge is -2.23. The molecule has 0 aliphatic rings. The predicted molar refractivity (Wildman–Crippen MR) is 132 cm³/mol. The number of anilines is 1. The standard InChI is InChI=1S/C24H19FIN5O3/c1-14-9-17-10-15(5-7-20(17)30-22(14)27)23(32)31(13-21-19(25)3-2-8-28-21)12-18-6-4-16(11-29-18)24(33)34-26/h2-11H,12-13H2,1H3,(H2,27,30). The molecule has 34 heavy (non-hydrogen) atoms. The molecule has 0 spiro atoms. The number of hydrogen-bond donors (Lipinski definition) is 1. The third-order valence-electron chi connectivity index (χ3n) is 5.24. The number of hydrogen-bond acceptors (Lipinski definition) is 7. The number of nitrogens with zero attached hydrogens (tertiary/aromatic N) is 4. The third-order valence-corrected chi connectivity index (χ3v) is 5.64. The Labute approximate surface area is 208 Å². The minimum Gasteiger partial charge on any atom is -0.391 e. The summed E-state index contributed by atoms with van der Waals surface area (Å²) < 4.78 is 19.0. The van der Waals surface area contributed by atoms with Crippen LogP contribution in [0.2, 0.25) is 0 Å². The Morgan fingerprint density at radius 3 is 2.59 bits per heavy atom. The van der Waals surface area contributed by atoms with Crippen LogP contribution in [-0.2, 0) is 16.2 Å². The molecule has 0 saturated carbocycles. The van der Waals surface area contributed by atoms with Gasteiger partial charge in [0.25, 0.3) is 5.91 Å². The Balaban J connectivity index is 1.67. The number of nitrogens with two attached hydrogens (primary N) is 1. The van der Waals surface area contributed by atoms with Crippen molar-refractivity contribution >= 4 is 51.6 Å². The van der Waals surface area contributed by atoms with Crippen molar-refractivity contribution in [1.82, 2.24) is 19.9 Å². The van der Waals surface area contributed by atoms with E-state index in [1.165, 1.54) is 52.4 Å². The van der Waals surface area contributed by atoms with Gasteiger partial charge in [-0.1, -0.05) is 0 Å². The van der Waals surface area contributed by atoms with E-state index in [4.69, 9.17) is 5.73 Å². The van der Waals surface area contributed by atoms with Gasteiger partial charge in [0.1, 0.15) is 11.6 Å². The van der Waals surface area contributed by atoms with Crippen LogP contribution in [0.25, 0.3) is 10.9 Å². The molecule has 0 atom stereocenters. The first-order valence-electron chi connectivity index (χ1n) is 10.2. The van der Waals surface area contributed by atoms with E-state index in [0.29, 0.717) is 22.6 Å². The second kappa shape index (κ2) is 10.1. The van der Waals surface area contributed by atoms with Crippen LogP contribution in [0.5, 0.6) is 0 Å². The Hall–Kier alpha value is -3.67. The molecule has 8 nitrogen and oxygen atoms in total. The Morgan fingerprint density at radius 1 is 1.09 bits per heavy atom. The lowest BCUT2D eigenvalue weighted by Crippen LogP contribution is -2.31. The molecule has 10 heteroatoms. The second-order valence-corrected chi connectivity index (χ2v) is 8.03. The summed E-state index contributed by atoms with van der Waals surface area (Å²) in [7, 11) is 0. The number of aryl methyl sites for hydroxylation is 1. The van der Waals surface area contributed by atoms with Gasteiger partial charge in [0.05, 0.1) is 35.6 Å². The molecule has 3 heterocycles. The zero-order valence-corrected chi connectivity index (χ0v) is 20.2. The van der Waals surface area contributed by atoms with Gasteiger partial charge in [0.2, 0.25) is 0 Å². The molecule has 1 aromatic carbocycles. The minimum atomic E-state index is -0.524. The van der Waals surface area contributed by atoms with Crippen molar-refractivity contribution < 1.29 is 17.0 Å². The van der Waals surface area contributed by atoms with Crippen LogP contribution in [0.3, 0.4) is 0 Å². The van der Waals surface area contributed by atoms with Gasteiger partial charge in [-0.3, -0.25) is 14.8 Å². The Morgan fingerprint density at radius 2 is 1.88 bits per heavy atom. The molecule has 2 N–H and O–H groups in total. The average molecular weight is 571 g/mol. The zero-order chi connectivity index (χ0) is 24.2. The van der Waals surface area contributed by atoms with Crippen LogP contribution < -0.4 is 5.73 Å². The van der Waals surface area contributed by atoms with Crippen molar-refractivity contribution in [2.75, 3.05) is 5.73 Å². The number of rotatable bonds is 6. The van der Waals surface area contributed by atoms with Crippen molar-refractivity contribution in [2.24, 2.45) is 0 Å². The lowest BCUT2D eigenvalue weighted by atomic mass is 10.1. The maximum Gasteiger partial charge on any atom is 0.349 e. The molecule has 0 fully saturated rings. The molecule has 4 aromatic rings. The quantitative estimate of drug-likeness (QED) is 0.342. The number of benzene rings is 1. The molecule has 3 aromatic heterocycles. The van der Waals surface area contributed by atoms with Crippen LogP contribution in [0, 0.1) is 12.7 Å². The van der Waals surface area contributed by atoms with E-state index in [2.05, 4.69) is 18.0 Å². The van der Waals surface area contributed by atoms with Gasteiger partial charge in [-0.05, 0) is 61.0 Å². The highest BCUT2D eigenvalue weighted by Gasteiger charge is 2.20. The molecule has 4 rings (SSSR count). The highest BCUT2D eigenvalue weighted by Crippen LogP contribution is 2.21. The lowest BCUT2D eigenvalue weighted by molar-refractivity contribution is 0.0722. The number of pyridine rings is 3. The predicted octanol–water partition coefficient (Wildman–Crippen LogP) is 4.40. The minimum absolute atomic E-state index is 0.0677. The number of nitrogen functional groups attached to an aromatic ring is 1. The molecule has 172 valence electrons. The van der Waals surface area contributed by atoms with Crippen molar-refractivity contribution in [3.05, 3.63) is 94.8 Å². The van der Waals surface area contributed by atoms with Gasteiger partial charge in [0, 0.05) is 23.3 Å². The SMILES string of the molecule is Cc1cc2cc(C(=O)N(Cc3ccc(C(=O)OI)cn3)Cc3ncccc3F)ccc2nc1N. The monoisotopic (exact) mass is 571 g/mol. The topological polar surface area (TPSA) is 111 Å². The van der Waals surface area contributed by atoms with Crippen molar-refractivity contribution in [1.29, 1.82) is 0 Å². The highest BCUT2D eigenvalue weighted by atomic mass is 127. The average Bonchev–Trinajstić information content (AvgIpc) is 2.85. The van der Waals surface area contributed by atoms with Gasteiger partial charge in [-0.15, -0.1) is 0 Å². The number of aromatic nitrogens is 3. The van der Waals surface area contributed by atoms with Crippen LogP contribution in [-0.4, -0.2) is 31.7 Å².